The van der Waals surface area contributed by atoms with E-state index in [9.17, 15) is 0 Å². The predicted molar refractivity (Wildman–Crippen MR) is 95.9 cm³/mol. The maximum atomic E-state index is 5.87. The lowest BCUT2D eigenvalue weighted by Crippen LogP contribution is -2.29. The van der Waals surface area contributed by atoms with Crippen LogP contribution in [-0.2, 0) is 11.3 Å². The first-order valence-corrected chi connectivity index (χ1v) is 7.78. The fourth-order valence-corrected chi connectivity index (χ4v) is 2.17. The van der Waals surface area contributed by atoms with Crippen LogP contribution >= 0.6 is 0 Å². The maximum absolute atomic E-state index is 5.87. The Labute approximate surface area is 138 Å². The molecule has 0 aromatic heterocycles. The van der Waals surface area contributed by atoms with Crippen LogP contribution in [0.25, 0.3) is 0 Å². The van der Waals surface area contributed by atoms with E-state index in [1.165, 1.54) is 5.56 Å². The minimum absolute atomic E-state index is 0.130. The van der Waals surface area contributed by atoms with Crippen molar-refractivity contribution in [1.82, 2.24) is 0 Å². The van der Waals surface area contributed by atoms with Gasteiger partial charge in [-0.2, -0.15) is 0 Å². The molecule has 0 radical (unpaired) electrons. The van der Waals surface area contributed by atoms with Crippen molar-refractivity contribution >= 4 is 5.69 Å². The van der Waals surface area contributed by atoms with Crippen molar-refractivity contribution in [3.8, 4) is 5.75 Å². The Morgan fingerprint density at radius 3 is 2.39 bits per heavy atom. The highest BCUT2D eigenvalue weighted by molar-refractivity contribution is 5.46. The van der Waals surface area contributed by atoms with Crippen molar-refractivity contribution in [2.24, 2.45) is 5.41 Å². The third kappa shape index (κ3) is 5.46. The Bertz CT molecular complexity index is 595. The highest BCUT2D eigenvalue weighted by atomic mass is 16.5. The van der Waals surface area contributed by atoms with Crippen LogP contribution in [0.3, 0.4) is 0 Å². The SMILES string of the molecule is C=CC(C)(CNc1ccc(OC)cc1)COCc1ccccc1. The van der Waals surface area contributed by atoms with Crippen molar-refractivity contribution in [1.29, 1.82) is 0 Å². The Morgan fingerprint density at radius 1 is 1.09 bits per heavy atom. The van der Waals surface area contributed by atoms with E-state index in [0.29, 0.717) is 13.2 Å². The molecule has 2 aromatic carbocycles. The minimum Gasteiger partial charge on any atom is -0.497 e. The van der Waals surface area contributed by atoms with Crippen molar-refractivity contribution in [2.45, 2.75) is 13.5 Å². The van der Waals surface area contributed by atoms with E-state index in [4.69, 9.17) is 9.47 Å². The molecule has 1 unspecified atom stereocenters. The summed E-state index contributed by atoms with van der Waals surface area (Å²) in [5, 5.41) is 3.43. The average Bonchev–Trinajstić information content (AvgIpc) is 2.61. The van der Waals surface area contributed by atoms with Gasteiger partial charge in [-0.3, -0.25) is 0 Å². The van der Waals surface area contributed by atoms with Gasteiger partial charge in [-0.1, -0.05) is 43.3 Å². The Morgan fingerprint density at radius 2 is 1.78 bits per heavy atom. The number of anilines is 1. The Balaban J connectivity index is 1.83. The van der Waals surface area contributed by atoms with Gasteiger partial charge in [0.1, 0.15) is 5.75 Å². The number of rotatable bonds is 9. The lowest BCUT2D eigenvalue weighted by Gasteiger charge is -2.26. The van der Waals surface area contributed by atoms with Gasteiger partial charge in [0.2, 0.25) is 0 Å². The lowest BCUT2D eigenvalue weighted by atomic mass is 9.92. The molecule has 2 rings (SSSR count). The molecular weight excluding hydrogens is 286 g/mol. The normalized spacial score (nSPS) is 13.1. The van der Waals surface area contributed by atoms with Crippen molar-refractivity contribution in [2.75, 3.05) is 25.6 Å². The van der Waals surface area contributed by atoms with Crippen LogP contribution in [0.15, 0.2) is 67.3 Å². The van der Waals surface area contributed by atoms with Gasteiger partial charge in [0.15, 0.2) is 0 Å². The topological polar surface area (TPSA) is 30.5 Å². The van der Waals surface area contributed by atoms with Crippen molar-refractivity contribution in [3.63, 3.8) is 0 Å². The molecule has 0 bridgehead atoms. The lowest BCUT2D eigenvalue weighted by molar-refractivity contribution is 0.0695. The van der Waals surface area contributed by atoms with E-state index in [1.54, 1.807) is 7.11 Å². The summed E-state index contributed by atoms with van der Waals surface area (Å²) >= 11 is 0. The molecule has 0 aliphatic rings. The van der Waals surface area contributed by atoms with E-state index < -0.39 is 0 Å². The monoisotopic (exact) mass is 311 g/mol. The van der Waals surface area contributed by atoms with Crippen molar-refractivity contribution < 1.29 is 9.47 Å². The van der Waals surface area contributed by atoms with E-state index in [0.717, 1.165) is 18.0 Å². The summed E-state index contributed by atoms with van der Waals surface area (Å²) in [6, 6.07) is 18.1. The van der Waals surface area contributed by atoms with Gasteiger partial charge in [-0.05, 0) is 29.8 Å². The molecule has 0 spiro atoms. The predicted octanol–water partition coefficient (Wildman–Crippen LogP) is 4.52. The minimum atomic E-state index is -0.130. The van der Waals surface area contributed by atoms with E-state index in [-0.39, 0.29) is 5.41 Å². The molecule has 0 amide bonds. The maximum Gasteiger partial charge on any atom is 0.119 e. The number of methoxy groups -OCH3 is 1. The second-order valence-electron chi connectivity index (χ2n) is 5.92. The zero-order valence-electron chi connectivity index (χ0n) is 13.9. The smallest absolute Gasteiger partial charge is 0.119 e. The highest BCUT2D eigenvalue weighted by Gasteiger charge is 2.20. The van der Waals surface area contributed by atoms with Crippen LogP contribution in [0, 0.1) is 5.41 Å². The first-order chi connectivity index (χ1) is 11.1. The summed E-state index contributed by atoms with van der Waals surface area (Å²) in [5.74, 6) is 0.855. The molecule has 0 heterocycles. The second-order valence-corrected chi connectivity index (χ2v) is 5.92. The van der Waals surface area contributed by atoms with Crippen LogP contribution < -0.4 is 10.1 Å². The molecule has 23 heavy (non-hydrogen) atoms. The molecule has 0 fully saturated rings. The summed E-state index contributed by atoms with van der Waals surface area (Å²) in [7, 11) is 1.67. The first kappa shape index (κ1) is 17.1. The van der Waals surface area contributed by atoms with Crippen LogP contribution in [-0.4, -0.2) is 20.3 Å². The average molecular weight is 311 g/mol. The number of benzene rings is 2. The molecule has 122 valence electrons. The van der Waals surface area contributed by atoms with Crippen LogP contribution in [0.5, 0.6) is 5.75 Å². The van der Waals surface area contributed by atoms with E-state index in [1.807, 2.05) is 48.5 Å². The third-order valence-corrected chi connectivity index (χ3v) is 3.82. The van der Waals surface area contributed by atoms with Gasteiger partial charge in [-0.15, -0.1) is 6.58 Å². The van der Waals surface area contributed by atoms with E-state index >= 15 is 0 Å². The molecule has 0 aliphatic heterocycles. The molecule has 0 aliphatic carbocycles. The number of hydrogen-bond acceptors (Lipinski definition) is 3. The molecule has 3 heteroatoms. The van der Waals surface area contributed by atoms with Gasteiger partial charge in [0, 0.05) is 17.6 Å². The van der Waals surface area contributed by atoms with Gasteiger partial charge in [0.05, 0.1) is 20.3 Å². The molecule has 3 nitrogen and oxygen atoms in total. The van der Waals surface area contributed by atoms with E-state index in [2.05, 4.69) is 31.0 Å². The first-order valence-electron chi connectivity index (χ1n) is 7.78. The van der Waals surface area contributed by atoms with Crippen molar-refractivity contribution in [3.05, 3.63) is 72.8 Å². The summed E-state index contributed by atoms with van der Waals surface area (Å²) in [6.07, 6.45) is 1.95. The van der Waals surface area contributed by atoms with Crippen LogP contribution in [0.4, 0.5) is 5.69 Å². The standard InChI is InChI=1S/C20H25NO2/c1-4-20(2,16-23-14-17-8-6-5-7-9-17)15-21-18-10-12-19(22-3)13-11-18/h4-13,21H,1,14-16H2,2-3H3. The molecule has 1 N–H and O–H groups in total. The Hall–Kier alpha value is -2.26. The third-order valence-electron chi connectivity index (χ3n) is 3.82. The van der Waals surface area contributed by atoms with Crippen LogP contribution in [0.1, 0.15) is 12.5 Å². The second kappa shape index (κ2) is 8.39. The molecule has 1 atom stereocenters. The molecular formula is C20H25NO2. The fraction of sp³-hybridized carbons (Fsp3) is 0.300. The molecule has 0 saturated carbocycles. The summed E-state index contributed by atoms with van der Waals surface area (Å²) in [4.78, 5) is 0. The Kier molecular flexibility index (Phi) is 6.24. The largest absolute Gasteiger partial charge is 0.497 e. The van der Waals surface area contributed by atoms with Gasteiger partial charge in [-0.25, -0.2) is 0 Å². The quantitative estimate of drug-likeness (QED) is 0.691. The zero-order valence-corrected chi connectivity index (χ0v) is 13.9. The highest BCUT2D eigenvalue weighted by Crippen LogP contribution is 2.22. The summed E-state index contributed by atoms with van der Waals surface area (Å²) in [5.41, 5.74) is 2.11. The summed E-state index contributed by atoms with van der Waals surface area (Å²) < 4.78 is 11.0. The van der Waals surface area contributed by atoms with Gasteiger partial charge >= 0.3 is 0 Å². The number of nitrogens with one attached hydrogen (secondary N) is 1. The molecule has 2 aromatic rings. The van der Waals surface area contributed by atoms with Gasteiger partial charge < -0.3 is 14.8 Å². The number of hydrogen-bond donors (Lipinski definition) is 1. The summed E-state index contributed by atoms with van der Waals surface area (Å²) in [6.45, 7) is 8.10. The molecule has 0 saturated heterocycles. The number of ether oxygens (including phenoxy) is 2. The van der Waals surface area contributed by atoms with Crippen LogP contribution in [0.2, 0.25) is 0 Å². The fourth-order valence-electron chi connectivity index (χ4n) is 2.17. The zero-order chi connectivity index (χ0) is 16.5. The van der Waals surface area contributed by atoms with Gasteiger partial charge in [0.25, 0.3) is 0 Å².